The number of ether oxygens (including phenoxy) is 1. The quantitative estimate of drug-likeness (QED) is 0.569. The minimum Gasteiger partial charge on any atom is -0.490 e. The van der Waals surface area contributed by atoms with Gasteiger partial charge in [0.15, 0.2) is 0 Å². The molecule has 1 saturated carbocycles. The third-order valence-corrected chi connectivity index (χ3v) is 7.43. The van der Waals surface area contributed by atoms with Crippen molar-refractivity contribution in [3.05, 3.63) is 65.7 Å². The van der Waals surface area contributed by atoms with E-state index in [-0.39, 0.29) is 24.0 Å². The highest BCUT2D eigenvalue weighted by atomic mass is 16.5. The Bertz CT molecular complexity index is 1010. The van der Waals surface area contributed by atoms with Crippen LogP contribution in [0.5, 0.6) is 5.75 Å². The molecule has 5 rings (SSSR count). The summed E-state index contributed by atoms with van der Waals surface area (Å²) in [6.45, 7) is 1.05. The SMILES string of the molecule is O=C1NCCCC[C@@H]1N(Cc1cccc(OC2CCCC2)c1)C(=O)C1CC(c2ccccc2)NN1. The van der Waals surface area contributed by atoms with E-state index in [1.807, 2.05) is 42.5 Å². The second-order valence-electron chi connectivity index (χ2n) is 9.98. The molecule has 2 heterocycles. The van der Waals surface area contributed by atoms with E-state index >= 15 is 0 Å². The van der Waals surface area contributed by atoms with Gasteiger partial charge in [-0.1, -0.05) is 42.5 Å². The first-order valence-corrected chi connectivity index (χ1v) is 13.1. The molecule has 3 atom stereocenters. The highest BCUT2D eigenvalue weighted by Gasteiger charge is 2.38. The molecule has 2 aromatic carbocycles. The van der Waals surface area contributed by atoms with E-state index in [1.54, 1.807) is 4.90 Å². The molecule has 3 N–H and O–H groups in total. The molecule has 2 aliphatic heterocycles. The molecule has 0 bridgehead atoms. The van der Waals surface area contributed by atoms with E-state index in [1.165, 1.54) is 12.8 Å². The Morgan fingerprint density at radius 2 is 1.74 bits per heavy atom. The van der Waals surface area contributed by atoms with Crippen molar-refractivity contribution in [2.24, 2.45) is 0 Å². The zero-order valence-electron chi connectivity index (χ0n) is 20.2. The van der Waals surface area contributed by atoms with Crippen LogP contribution in [0.3, 0.4) is 0 Å². The van der Waals surface area contributed by atoms with Gasteiger partial charge in [-0.25, -0.2) is 10.9 Å². The van der Waals surface area contributed by atoms with Crippen molar-refractivity contribution in [3.63, 3.8) is 0 Å². The van der Waals surface area contributed by atoms with Crippen LogP contribution < -0.4 is 20.9 Å². The molecule has 2 amide bonds. The molecule has 2 aromatic rings. The highest BCUT2D eigenvalue weighted by Crippen LogP contribution is 2.27. The summed E-state index contributed by atoms with van der Waals surface area (Å²) < 4.78 is 6.20. The van der Waals surface area contributed by atoms with Crippen LogP contribution in [0, 0.1) is 0 Å². The highest BCUT2D eigenvalue weighted by molar-refractivity contribution is 5.90. The molecule has 0 aromatic heterocycles. The fourth-order valence-electron chi connectivity index (χ4n) is 5.50. The average Bonchev–Trinajstić information content (AvgIpc) is 3.54. The Labute approximate surface area is 207 Å². The molecule has 3 fully saturated rings. The number of hydrogen-bond acceptors (Lipinski definition) is 5. The van der Waals surface area contributed by atoms with Crippen LogP contribution in [0.2, 0.25) is 0 Å². The van der Waals surface area contributed by atoms with Crippen molar-refractivity contribution < 1.29 is 14.3 Å². The zero-order chi connectivity index (χ0) is 24.0. The summed E-state index contributed by atoms with van der Waals surface area (Å²) in [4.78, 5) is 28.6. The van der Waals surface area contributed by atoms with Crippen molar-refractivity contribution >= 4 is 11.8 Å². The van der Waals surface area contributed by atoms with Gasteiger partial charge in [-0.05, 0) is 74.6 Å². The number of nitrogens with zero attached hydrogens (tertiary/aromatic N) is 1. The summed E-state index contributed by atoms with van der Waals surface area (Å²) in [5.74, 6) is 0.747. The molecular formula is C28H36N4O3. The maximum absolute atomic E-state index is 13.9. The van der Waals surface area contributed by atoms with Gasteiger partial charge in [0, 0.05) is 19.1 Å². The normalized spacial score (nSPS) is 25.1. The molecule has 7 nitrogen and oxygen atoms in total. The average molecular weight is 477 g/mol. The number of hydrazine groups is 1. The van der Waals surface area contributed by atoms with Gasteiger partial charge in [0.25, 0.3) is 0 Å². The summed E-state index contributed by atoms with van der Waals surface area (Å²) in [6.07, 6.45) is 8.08. The second kappa shape index (κ2) is 11.2. The third-order valence-electron chi connectivity index (χ3n) is 7.43. The Hall–Kier alpha value is -2.90. The topological polar surface area (TPSA) is 82.7 Å². The molecule has 0 spiro atoms. The van der Waals surface area contributed by atoms with Crippen molar-refractivity contribution in [3.8, 4) is 5.75 Å². The summed E-state index contributed by atoms with van der Waals surface area (Å²) in [5, 5.41) is 3.01. The van der Waals surface area contributed by atoms with E-state index < -0.39 is 12.1 Å². The maximum atomic E-state index is 13.9. The third kappa shape index (κ3) is 5.85. The molecule has 3 aliphatic rings. The lowest BCUT2D eigenvalue weighted by Gasteiger charge is -2.32. The van der Waals surface area contributed by atoms with Crippen LogP contribution in [-0.4, -0.2) is 41.4 Å². The molecule has 35 heavy (non-hydrogen) atoms. The van der Waals surface area contributed by atoms with Crippen LogP contribution in [0.15, 0.2) is 54.6 Å². The van der Waals surface area contributed by atoms with Crippen molar-refractivity contribution in [1.82, 2.24) is 21.1 Å². The molecule has 2 saturated heterocycles. The van der Waals surface area contributed by atoms with Crippen LogP contribution >= 0.6 is 0 Å². The van der Waals surface area contributed by atoms with Gasteiger partial charge >= 0.3 is 0 Å². The largest absolute Gasteiger partial charge is 0.490 e. The van der Waals surface area contributed by atoms with Crippen LogP contribution in [0.4, 0.5) is 0 Å². The molecule has 2 unspecified atom stereocenters. The van der Waals surface area contributed by atoms with Crippen molar-refractivity contribution in [1.29, 1.82) is 0 Å². The molecule has 1 aliphatic carbocycles. The van der Waals surface area contributed by atoms with Gasteiger partial charge in [0.05, 0.1) is 6.10 Å². The fraction of sp³-hybridized carbons (Fsp3) is 0.500. The van der Waals surface area contributed by atoms with Crippen LogP contribution in [-0.2, 0) is 16.1 Å². The zero-order valence-corrected chi connectivity index (χ0v) is 20.2. The number of carbonyl (C=O) groups excluding carboxylic acids is 2. The minimum absolute atomic E-state index is 0.0416. The van der Waals surface area contributed by atoms with Gasteiger partial charge in [-0.15, -0.1) is 0 Å². The smallest absolute Gasteiger partial charge is 0.242 e. The Morgan fingerprint density at radius 3 is 2.57 bits per heavy atom. The monoisotopic (exact) mass is 476 g/mol. The van der Waals surface area contributed by atoms with Crippen LogP contribution in [0.1, 0.15) is 68.5 Å². The van der Waals surface area contributed by atoms with E-state index in [2.05, 4.69) is 28.3 Å². The Morgan fingerprint density at radius 1 is 0.943 bits per heavy atom. The van der Waals surface area contributed by atoms with E-state index in [9.17, 15) is 9.59 Å². The summed E-state index contributed by atoms with van der Waals surface area (Å²) in [7, 11) is 0. The lowest BCUT2D eigenvalue weighted by molar-refractivity contribution is -0.142. The summed E-state index contributed by atoms with van der Waals surface area (Å²) in [6, 6.07) is 17.3. The Kier molecular flexibility index (Phi) is 7.64. The molecular weight excluding hydrogens is 440 g/mol. The number of carbonyl (C=O) groups is 2. The standard InChI is InChI=1S/C28H36N4O3/c33-27-26(15-6-7-16-29-27)32(19-20-9-8-14-23(17-20)35-22-12-4-5-13-22)28(34)25-18-24(30-31-25)21-10-2-1-3-11-21/h1-3,8-11,14,17,22,24-26,30-31H,4-7,12-13,15-16,18-19H2,(H,29,33)/t24?,25?,26-/m0/s1. The summed E-state index contributed by atoms with van der Waals surface area (Å²) in [5.41, 5.74) is 8.61. The number of benzene rings is 2. The number of rotatable bonds is 7. The maximum Gasteiger partial charge on any atom is 0.242 e. The summed E-state index contributed by atoms with van der Waals surface area (Å²) >= 11 is 0. The molecule has 186 valence electrons. The van der Waals surface area contributed by atoms with Crippen LogP contribution in [0.25, 0.3) is 0 Å². The van der Waals surface area contributed by atoms with E-state index in [0.717, 1.165) is 42.6 Å². The fourth-order valence-corrected chi connectivity index (χ4v) is 5.50. The van der Waals surface area contributed by atoms with Crippen molar-refractivity contribution in [2.75, 3.05) is 6.54 Å². The predicted molar refractivity (Wildman–Crippen MR) is 134 cm³/mol. The molecule has 0 radical (unpaired) electrons. The second-order valence-corrected chi connectivity index (χ2v) is 9.98. The Balaban J connectivity index is 1.34. The van der Waals surface area contributed by atoms with Crippen molar-refractivity contribution in [2.45, 2.75) is 82.1 Å². The number of nitrogens with one attached hydrogen (secondary N) is 3. The first kappa shape index (κ1) is 23.8. The predicted octanol–water partition coefficient (Wildman–Crippen LogP) is 3.61. The van der Waals surface area contributed by atoms with Gasteiger partial charge < -0.3 is 15.0 Å². The van der Waals surface area contributed by atoms with E-state index in [0.29, 0.717) is 25.9 Å². The number of hydrogen-bond donors (Lipinski definition) is 3. The molecule has 7 heteroatoms. The lowest BCUT2D eigenvalue weighted by Crippen LogP contribution is -2.53. The van der Waals surface area contributed by atoms with Gasteiger partial charge in [-0.2, -0.15) is 0 Å². The van der Waals surface area contributed by atoms with Gasteiger partial charge in [0.1, 0.15) is 17.8 Å². The lowest BCUT2D eigenvalue weighted by atomic mass is 10.00. The van der Waals surface area contributed by atoms with Gasteiger partial charge in [0.2, 0.25) is 11.8 Å². The number of amides is 2. The van der Waals surface area contributed by atoms with Gasteiger partial charge in [-0.3, -0.25) is 9.59 Å². The minimum atomic E-state index is -0.470. The first-order valence-electron chi connectivity index (χ1n) is 13.1. The van der Waals surface area contributed by atoms with E-state index in [4.69, 9.17) is 4.74 Å². The first-order chi connectivity index (χ1) is 17.2.